The van der Waals surface area contributed by atoms with Gasteiger partial charge in [0.15, 0.2) is 17.3 Å². The zero-order valence-corrected chi connectivity index (χ0v) is 21.4. The second-order valence-electron chi connectivity index (χ2n) is 9.64. The lowest BCUT2D eigenvalue weighted by atomic mass is 10.0. The summed E-state index contributed by atoms with van der Waals surface area (Å²) < 4.78 is 21.6. The molecule has 1 aliphatic heterocycles. The number of nitrogens with zero attached hydrogens (tertiary/aromatic N) is 2. The highest BCUT2D eigenvalue weighted by molar-refractivity contribution is 5.96. The Labute approximate surface area is 202 Å². The van der Waals surface area contributed by atoms with Crippen molar-refractivity contribution in [2.24, 2.45) is 5.92 Å². The Morgan fingerprint density at radius 1 is 1.15 bits per heavy atom. The molecule has 1 atom stereocenters. The highest BCUT2D eigenvalue weighted by Gasteiger charge is 2.38. The Morgan fingerprint density at radius 2 is 1.85 bits per heavy atom. The van der Waals surface area contributed by atoms with Crippen molar-refractivity contribution >= 4 is 17.8 Å². The number of ether oxygens (including phenoxy) is 4. The predicted octanol–water partition coefficient (Wildman–Crippen LogP) is 3.40. The average molecular weight is 479 g/mol. The molecule has 190 valence electrons. The van der Waals surface area contributed by atoms with Crippen molar-refractivity contribution in [2.45, 2.75) is 52.7 Å². The van der Waals surface area contributed by atoms with E-state index in [0.29, 0.717) is 36.7 Å². The van der Waals surface area contributed by atoms with E-state index in [1.165, 1.54) is 4.90 Å². The summed E-state index contributed by atoms with van der Waals surface area (Å²) in [6, 6.07) is 4.89. The van der Waals surface area contributed by atoms with Crippen LogP contribution in [0.15, 0.2) is 18.2 Å². The third kappa shape index (κ3) is 7.62. The highest BCUT2D eigenvalue weighted by Crippen LogP contribution is 2.29. The Kier molecular flexibility index (Phi) is 9.73. The molecule has 0 saturated carbocycles. The lowest BCUT2D eigenvalue weighted by Gasteiger charge is -2.29. The van der Waals surface area contributed by atoms with Crippen LogP contribution in [0.4, 0.5) is 4.79 Å². The minimum Gasteiger partial charge on any atom is -0.493 e. The number of hydrogen-bond donors (Lipinski definition) is 0. The van der Waals surface area contributed by atoms with Gasteiger partial charge in [-0.2, -0.15) is 0 Å². The molecular weight excluding hydrogens is 440 g/mol. The monoisotopic (exact) mass is 478 g/mol. The molecule has 1 saturated heterocycles. The van der Waals surface area contributed by atoms with Crippen molar-refractivity contribution in [3.05, 3.63) is 23.8 Å². The lowest BCUT2D eigenvalue weighted by molar-refractivity contribution is -0.120. The fourth-order valence-corrected chi connectivity index (χ4v) is 3.61. The van der Waals surface area contributed by atoms with Gasteiger partial charge in [0.1, 0.15) is 5.60 Å². The highest BCUT2D eigenvalue weighted by atomic mass is 16.6. The molecule has 2 amide bonds. The molecular formula is C25H38N2O7. The standard InChI is InChI=1S/C25H38N2O7/c1-17(2)27(15-19-14-26(16-20(19)28)24(30)34-25(3,4)5)23(29)18-9-10-21(32-7)22(13-18)33-12-8-11-31-6/h9-10,13,17,19H,8,11-12,14-16H2,1-7H3. The minimum atomic E-state index is -0.643. The van der Waals surface area contributed by atoms with E-state index in [2.05, 4.69) is 0 Å². The molecule has 0 radical (unpaired) electrons. The minimum absolute atomic E-state index is 0.0122. The Morgan fingerprint density at radius 3 is 2.44 bits per heavy atom. The maximum Gasteiger partial charge on any atom is 0.410 e. The van der Waals surface area contributed by atoms with Gasteiger partial charge in [0, 0.05) is 44.8 Å². The number of carbonyl (C=O) groups is 3. The first-order chi connectivity index (χ1) is 16.0. The number of amides is 2. The van der Waals surface area contributed by atoms with Gasteiger partial charge in [0.2, 0.25) is 0 Å². The van der Waals surface area contributed by atoms with Gasteiger partial charge in [-0.3, -0.25) is 9.59 Å². The molecule has 1 heterocycles. The van der Waals surface area contributed by atoms with E-state index < -0.39 is 17.6 Å². The zero-order valence-electron chi connectivity index (χ0n) is 21.4. The molecule has 0 aromatic heterocycles. The number of likely N-dealkylation sites (tertiary alicyclic amines) is 1. The number of methoxy groups -OCH3 is 2. The van der Waals surface area contributed by atoms with Crippen LogP contribution < -0.4 is 9.47 Å². The molecule has 9 heteroatoms. The first-order valence-electron chi connectivity index (χ1n) is 11.6. The first-order valence-corrected chi connectivity index (χ1v) is 11.6. The van der Waals surface area contributed by atoms with Gasteiger partial charge in [0.25, 0.3) is 5.91 Å². The third-order valence-electron chi connectivity index (χ3n) is 5.36. The van der Waals surface area contributed by atoms with E-state index in [1.54, 1.807) is 58.1 Å². The van der Waals surface area contributed by atoms with Gasteiger partial charge < -0.3 is 28.7 Å². The summed E-state index contributed by atoms with van der Waals surface area (Å²) in [4.78, 5) is 41.5. The molecule has 1 fully saturated rings. The van der Waals surface area contributed by atoms with Gasteiger partial charge in [-0.25, -0.2) is 4.79 Å². The molecule has 1 unspecified atom stereocenters. The fourth-order valence-electron chi connectivity index (χ4n) is 3.61. The number of rotatable bonds is 10. The van der Waals surface area contributed by atoms with E-state index >= 15 is 0 Å². The summed E-state index contributed by atoms with van der Waals surface area (Å²) in [6.07, 6.45) is 0.185. The molecule has 2 rings (SSSR count). The molecule has 1 aromatic carbocycles. The first kappa shape index (κ1) is 27.4. The summed E-state index contributed by atoms with van der Waals surface area (Å²) in [5, 5.41) is 0. The van der Waals surface area contributed by atoms with Gasteiger partial charge in [-0.15, -0.1) is 0 Å². The Bertz CT molecular complexity index is 863. The van der Waals surface area contributed by atoms with Crippen molar-refractivity contribution in [1.29, 1.82) is 0 Å². The number of ketones is 1. The summed E-state index contributed by atoms with van der Waals surface area (Å²) in [7, 11) is 3.17. The molecule has 34 heavy (non-hydrogen) atoms. The van der Waals surface area contributed by atoms with Crippen LogP contribution in [-0.4, -0.2) is 86.3 Å². The van der Waals surface area contributed by atoms with Crippen LogP contribution in [0.1, 0.15) is 51.4 Å². The smallest absolute Gasteiger partial charge is 0.410 e. The molecule has 1 aromatic rings. The van der Waals surface area contributed by atoms with Crippen LogP contribution in [0.3, 0.4) is 0 Å². The van der Waals surface area contributed by atoms with Crippen molar-refractivity contribution in [3.63, 3.8) is 0 Å². The van der Waals surface area contributed by atoms with E-state index in [4.69, 9.17) is 18.9 Å². The summed E-state index contributed by atoms with van der Waals surface area (Å²) in [5.74, 6) is 0.233. The van der Waals surface area contributed by atoms with Gasteiger partial charge in [-0.1, -0.05) is 0 Å². The number of benzene rings is 1. The Hall–Kier alpha value is -2.81. The zero-order chi connectivity index (χ0) is 25.5. The topological polar surface area (TPSA) is 94.6 Å². The number of carbonyl (C=O) groups excluding carboxylic acids is 3. The van der Waals surface area contributed by atoms with Crippen LogP contribution >= 0.6 is 0 Å². The second-order valence-corrected chi connectivity index (χ2v) is 9.64. The molecule has 0 bridgehead atoms. The van der Waals surface area contributed by atoms with Crippen LogP contribution in [0.5, 0.6) is 11.5 Å². The molecule has 9 nitrogen and oxygen atoms in total. The Balaban J connectivity index is 2.13. The maximum absolute atomic E-state index is 13.4. The van der Waals surface area contributed by atoms with Crippen LogP contribution in [0.2, 0.25) is 0 Å². The SMILES string of the molecule is COCCCOc1cc(C(=O)N(CC2CN(C(=O)OC(C)(C)C)CC2=O)C(C)C)ccc1OC. The maximum atomic E-state index is 13.4. The quantitative estimate of drug-likeness (QED) is 0.476. The van der Waals surface area contributed by atoms with Gasteiger partial charge >= 0.3 is 6.09 Å². The predicted molar refractivity (Wildman–Crippen MR) is 127 cm³/mol. The lowest BCUT2D eigenvalue weighted by Crippen LogP contribution is -2.42. The van der Waals surface area contributed by atoms with Crippen molar-refractivity contribution in [3.8, 4) is 11.5 Å². The molecule has 0 aliphatic carbocycles. The fraction of sp³-hybridized carbons (Fsp3) is 0.640. The van der Waals surface area contributed by atoms with Crippen molar-refractivity contribution in [1.82, 2.24) is 9.80 Å². The van der Waals surface area contributed by atoms with E-state index in [0.717, 1.165) is 0 Å². The third-order valence-corrected chi connectivity index (χ3v) is 5.36. The van der Waals surface area contributed by atoms with Gasteiger partial charge in [-0.05, 0) is 52.8 Å². The largest absolute Gasteiger partial charge is 0.493 e. The van der Waals surface area contributed by atoms with Crippen LogP contribution in [0.25, 0.3) is 0 Å². The van der Waals surface area contributed by atoms with Crippen molar-refractivity contribution in [2.75, 3.05) is 47.1 Å². The van der Waals surface area contributed by atoms with E-state index in [9.17, 15) is 14.4 Å². The molecule has 1 aliphatic rings. The summed E-state index contributed by atoms with van der Waals surface area (Å²) >= 11 is 0. The molecule has 0 N–H and O–H groups in total. The number of hydrogen-bond acceptors (Lipinski definition) is 7. The second kappa shape index (κ2) is 12.1. The summed E-state index contributed by atoms with van der Waals surface area (Å²) in [5.41, 5.74) is -0.207. The average Bonchev–Trinajstić information content (AvgIpc) is 3.13. The normalized spacial score (nSPS) is 16.1. The van der Waals surface area contributed by atoms with Crippen LogP contribution in [-0.2, 0) is 14.3 Å². The van der Waals surface area contributed by atoms with Gasteiger partial charge in [0.05, 0.1) is 26.2 Å². The van der Waals surface area contributed by atoms with Crippen LogP contribution in [0, 0.1) is 5.92 Å². The van der Waals surface area contributed by atoms with Crippen molar-refractivity contribution < 1.29 is 33.3 Å². The van der Waals surface area contributed by atoms with E-state index in [1.807, 2.05) is 13.8 Å². The molecule has 0 spiro atoms. The van der Waals surface area contributed by atoms with E-state index in [-0.39, 0.29) is 37.4 Å². The number of Topliss-reactive ketones (excluding diaryl/α,β-unsaturated/α-hetero) is 1. The summed E-state index contributed by atoms with van der Waals surface area (Å²) in [6.45, 7) is 10.6.